The van der Waals surface area contributed by atoms with Crippen molar-refractivity contribution < 1.29 is 44.7 Å². The second-order valence-electron chi connectivity index (χ2n) is 6.19. The Morgan fingerprint density at radius 2 is 1.35 bits per heavy atom. The summed E-state index contributed by atoms with van der Waals surface area (Å²) in [6, 6.07) is 6.20. The van der Waals surface area contributed by atoms with Crippen LogP contribution in [0.2, 0.25) is 0 Å². The molecule has 10 heteroatoms. The van der Waals surface area contributed by atoms with Gasteiger partial charge in [0.15, 0.2) is 29.0 Å². The van der Waals surface area contributed by atoms with E-state index in [1.54, 1.807) is 0 Å². The van der Waals surface area contributed by atoms with E-state index in [1.807, 2.05) is 0 Å². The monoisotopic (exact) mass is 429 g/mol. The number of carboxylic acid groups (broad SMARTS) is 1. The summed E-state index contributed by atoms with van der Waals surface area (Å²) in [5.74, 6) is -4.51. The number of esters is 1. The van der Waals surface area contributed by atoms with E-state index in [-0.39, 0.29) is 23.0 Å². The van der Waals surface area contributed by atoms with E-state index < -0.39 is 30.5 Å². The molecule has 0 saturated carbocycles. The third-order valence-corrected chi connectivity index (χ3v) is 3.84. The Kier molecular flexibility index (Phi) is 7.62. The molecule has 0 aliphatic rings. The van der Waals surface area contributed by atoms with E-state index in [2.05, 4.69) is 5.32 Å². The van der Waals surface area contributed by atoms with Crippen molar-refractivity contribution in [3.8, 4) is 23.0 Å². The number of phenols is 4. The molecule has 10 nitrogen and oxygen atoms in total. The number of ether oxygens (including phenoxy) is 1. The van der Waals surface area contributed by atoms with Crippen LogP contribution < -0.4 is 5.32 Å². The lowest BCUT2D eigenvalue weighted by molar-refractivity contribution is -0.147. The maximum atomic E-state index is 11.9. The number of hydrogen-bond acceptors (Lipinski definition) is 8. The van der Waals surface area contributed by atoms with Gasteiger partial charge in [-0.25, -0.2) is 9.59 Å². The van der Waals surface area contributed by atoms with Gasteiger partial charge in [0.05, 0.1) is 0 Å². The Balaban J connectivity index is 1.90. The molecular formula is C21H19NO9. The number of carbonyl (C=O) groups excluding carboxylic acids is 2. The van der Waals surface area contributed by atoms with Gasteiger partial charge in [-0.2, -0.15) is 0 Å². The molecule has 1 amide bonds. The highest BCUT2D eigenvalue weighted by Gasteiger charge is 2.20. The molecule has 1 atom stereocenters. The molecule has 0 spiro atoms. The number of aliphatic carboxylic acids is 1. The zero-order chi connectivity index (χ0) is 23.0. The summed E-state index contributed by atoms with van der Waals surface area (Å²) in [4.78, 5) is 35.0. The average molecular weight is 429 g/mol. The molecule has 2 aromatic rings. The van der Waals surface area contributed by atoms with Crippen LogP contribution in [0.4, 0.5) is 0 Å². The molecule has 0 aromatic heterocycles. The van der Waals surface area contributed by atoms with Gasteiger partial charge >= 0.3 is 11.9 Å². The summed E-state index contributed by atoms with van der Waals surface area (Å²) >= 11 is 0. The molecule has 0 fully saturated rings. The van der Waals surface area contributed by atoms with E-state index in [4.69, 9.17) is 4.74 Å². The zero-order valence-electron chi connectivity index (χ0n) is 15.9. The highest BCUT2D eigenvalue weighted by atomic mass is 16.5. The van der Waals surface area contributed by atoms with E-state index in [0.29, 0.717) is 11.1 Å². The van der Waals surface area contributed by atoms with Crippen LogP contribution in [0.3, 0.4) is 0 Å². The van der Waals surface area contributed by atoms with Crippen molar-refractivity contribution in [2.24, 2.45) is 0 Å². The normalized spacial score (nSPS) is 12.0. The minimum absolute atomic E-state index is 0.323. The van der Waals surface area contributed by atoms with Crippen LogP contribution >= 0.6 is 0 Å². The van der Waals surface area contributed by atoms with Crippen LogP contribution in [0, 0.1) is 0 Å². The van der Waals surface area contributed by atoms with Crippen molar-refractivity contribution >= 4 is 30.0 Å². The van der Waals surface area contributed by atoms with Gasteiger partial charge in [0.25, 0.3) is 0 Å². The number of benzene rings is 2. The number of carboxylic acids is 1. The van der Waals surface area contributed by atoms with Crippen molar-refractivity contribution in [2.75, 3.05) is 6.61 Å². The van der Waals surface area contributed by atoms with Crippen LogP contribution in [-0.2, 0) is 19.1 Å². The highest BCUT2D eigenvalue weighted by molar-refractivity contribution is 5.94. The molecule has 2 rings (SSSR count). The molecule has 31 heavy (non-hydrogen) atoms. The summed E-state index contributed by atoms with van der Waals surface area (Å²) in [6.45, 7) is -0.640. The van der Waals surface area contributed by atoms with Crippen LogP contribution in [0.25, 0.3) is 12.2 Å². The minimum atomic E-state index is -1.51. The van der Waals surface area contributed by atoms with E-state index in [9.17, 15) is 39.9 Å². The largest absolute Gasteiger partial charge is 0.504 e. The first-order valence-corrected chi connectivity index (χ1v) is 8.76. The lowest BCUT2D eigenvalue weighted by atomic mass is 10.2. The van der Waals surface area contributed by atoms with E-state index >= 15 is 0 Å². The molecule has 0 bridgehead atoms. The molecule has 0 aliphatic heterocycles. The lowest BCUT2D eigenvalue weighted by Gasteiger charge is -2.12. The van der Waals surface area contributed by atoms with Crippen molar-refractivity contribution in [1.29, 1.82) is 0 Å². The second-order valence-corrected chi connectivity index (χ2v) is 6.19. The summed E-state index contributed by atoms with van der Waals surface area (Å²) in [5.41, 5.74) is 0.773. The molecule has 0 aliphatic carbocycles. The number of amides is 1. The Morgan fingerprint density at radius 3 is 1.84 bits per heavy atom. The van der Waals surface area contributed by atoms with Gasteiger partial charge in [-0.3, -0.25) is 4.79 Å². The van der Waals surface area contributed by atoms with Crippen LogP contribution in [0.5, 0.6) is 23.0 Å². The molecular weight excluding hydrogens is 410 g/mol. The number of aromatic hydroxyl groups is 4. The van der Waals surface area contributed by atoms with E-state index in [0.717, 1.165) is 12.2 Å². The number of phenolic OH excluding ortho intramolecular Hbond substituents is 4. The number of carbonyl (C=O) groups is 3. The molecule has 0 heterocycles. The van der Waals surface area contributed by atoms with Gasteiger partial charge in [0.1, 0.15) is 6.61 Å². The molecule has 6 N–H and O–H groups in total. The summed E-state index contributed by atoms with van der Waals surface area (Å²) in [5, 5.41) is 48.6. The Morgan fingerprint density at radius 1 is 0.839 bits per heavy atom. The average Bonchev–Trinajstić information content (AvgIpc) is 2.72. The van der Waals surface area contributed by atoms with Gasteiger partial charge in [-0.1, -0.05) is 12.1 Å². The Bertz CT molecular complexity index is 1040. The number of hydrogen-bond donors (Lipinski definition) is 6. The second kappa shape index (κ2) is 10.3. The fraction of sp³-hybridized carbons (Fsp3) is 0.0952. The SMILES string of the molecule is O=C(/C=C/c1ccc(O)c(O)c1)N[C@@H](COC(=O)/C=C/c1ccc(O)c(O)c1)C(=O)O. The first-order chi connectivity index (χ1) is 14.7. The highest BCUT2D eigenvalue weighted by Crippen LogP contribution is 2.26. The first kappa shape index (κ1) is 22.8. The van der Waals surface area contributed by atoms with Crippen molar-refractivity contribution in [3.63, 3.8) is 0 Å². The van der Waals surface area contributed by atoms with Crippen LogP contribution in [0.15, 0.2) is 48.6 Å². The van der Waals surface area contributed by atoms with Crippen molar-refractivity contribution in [2.45, 2.75) is 6.04 Å². The number of nitrogens with one attached hydrogen (secondary N) is 1. The fourth-order valence-corrected chi connectivity index (χ4v) is 2.23. The van der Waals surface area contributed by atoms with Gasteiger partial charge in [-0.05, 0) is 47.5 Å². The smallest absolute Gasteiger partial charge is 0.330 e. The topological polar surface area (TPSA) is 174 Å². The summed E-state index contributed by atoms with van der Waals surface area (Å²) in [7, 11) is 0. The Labute approximate surface area is 176 Å². The molecule has 0 unspecified atom stereocenters. The van der Waals surface area contributed by atoms with Crippen LogP contribution in [-0.4, -0.2) is 56.0 Å². The number of rotatable bonds is 8. The van der Waals surface area contributed by atoms with Gasteiger partial charge in [0, 0.05) is 12.2 Å². The van der Waals surface area contributed by atoms with Crippen molar-refractivity contribution in [3.05, 3.63) is 59.7 Å². The lowest BCUT2D eigenvalue weighted by Crippen LogP contribution is -2.43. The molecule has 0 radical (unpaired) electrons. The maximum Gasteiger partial charge on any atom is 0.330 e. The predicted molar refractivity (Wildman–Crippen MR) is 108 cm³/mol. The summed E-state index contributed by atoms with van der Waals surface area (Å²) in [6.07, 6.45) is 4.57. The standard InChI is InChI=1S/C21H19NO9/c23-15-5-1-12(9-17(15)25)3-7-19(27)22-14(21(29)30)11-31-20(28)8-4-13-2-6-16(24)18(26)10-13/h1-10,14,23-26H,11H2,(H,22,27)(H,29,30)/b7-3+,8-4+/t14-/m0/s1. The van der Waals surface area contributed by atoms with E-state index in [1.165, 1.54) is 48.6 Å². The predicted octanol–water partition coefficient (Wildman–Crippen LogP) is 1.35. The zero-order valence-corrected chi connectivity index (χ0v) is 15.9. The molecule has 162 valence electrons. The maximum absolute atomic E-state index is 11.9. The first-order valence-electron chi connectivity index (χ1n) is 8.76. The van der Waals surface area contributed by atoms with Gasteiger partial charge < -0.3 is 35.6 Å². The molecule has 2 aromatic carbocycles. The van der Waals surface area contributed by atoms with Crippen LogP contribution in [0.1, 0.15) is 11.1 Å². The molecule has 0 saturated heterocycles. The summed E-state index contributed by atoms with van der Waals surface area (Å²) < 4.78 is 4.82. The fourth-order valence-electron chi connectivity index (χ4n) is 2.23. The third kappa shape index (κ3) is 7.13. The third-order valence-electron chi connectivity index (χ3n) is 3.84. The van der Waals surface area contributed by atoms with Gasteiger partial charge in [-0.15, -0.1) is 0 Å². The quantitative estimate of drug-likeness (QED) is 0.206. The van der Waals surface area contributed by atoms with Gasteiger partial charge in [0.2, 0.25) is 5.91 Å². The van der Waals surface area contributed by atoms with Crippen molar-refractivity contribution in [1.82, 2.24) is 5.32 Å². The minimum Gasteiger partial charge on any atom is -0.504 e. The Hall–Kier alpha value is -4.47.